The van der Waals surface area contributed by atoms with E-state index < -0.39 is 36.7 Å². The van der Waals surface area contributed by atoms with Crippen LogP contribution in [0.25, 0.3) is 0 Å². The smallest absolute Gasteiger partial charge is 0.408 e. The minimum absolute atomic E-state index is 0.0531. The van der Waals surface area contributed by atoms with E-state index in [0.717, 1.165) is 5.56 Å². The molecule has 23 heavy (non-hydrogen) atoms. The van der Waals surface area contributed by atoms with E-state index in [4.69, 9.17) is 14.6 Å². The number of ether oxygens (including phenoxy) is 2. The second-order valence-corrected chi connectivity index (χ2v) is 4.71. The number of benzene rings is 1. The lowest BCUT2D eigenvalue weighted by atomic mass is 10.1. The van der Waals surface area contributed by atoms with E-state index in [-0.39, 0.29) is 6.61 Å². The van der Waals surface area contributed by atoms with Crippen molar-refractivity contribution in [1.82, 2.24) is 10.6 Å². The van der Waals surface area contributed by atoms with Crippen molar-refractivity contribution < 1.29 is 29.0 Å². The Balaban J connectivity index is 2.56. The highest BCUT2D eigenvalue weighted by Crippen LogP contribution is 2.03. The summed E-state index contributed by atoms with van der Waals surface area (Å²) < 4.78 is 10.0. The minimum Gasteiger partial charge on any atom is -0.480 e. The summed E-state index contributed by atoms with van der Waals surface area (Å²) in [6, 6.07) is 7.98. The van der Waals surface area contributed by atoms with Crippen LogP contribution in [0.2, 0.25) is 0 Å². The van der Waals surface area contributed by atoms with Gasteiger partial charge in [-0.05, 0) is 12.5 Å². The summed E-state index contributed by atoms with van der Waals surface area (Å²) in [4.78, 5) is 34.1. The Hall–Kier alpha value is -2.61. The molecule has 0 radical (unpaired) electrons. The third-order valence-corrected chi connectivity index (χ3v) is 2.95. The number of carboxylic acids is 1. The number of aliphatic carboxylic acids is 1. The fraction of sp³-hybridized carbons (Fsp3) is 0.400. The molecule has 0 spiro atoms. The van der Waals surface area contributed by atoms with Crippen LogP contribution in [0.5, 0.6) is 0 Å². The summed E-state index contributed by atoms with van der Waals surface area (Å²) in [5, 5.41) is 13.3. The summed E-state index contributed by atoms with van der Waals surface area (Å²) >= 11 is 0. The lowest BCUT2D eigenvalue weighted by molar-refractivity contribution is -0.146. The van der Waals surface area contributed by atoms with Crippen molar-refractivity contribution in [2.24, 2.45) is 0 Å². The van der Waals surface area contributed by atoms with Gasteiger partial charge in [0.2, 0.25) is 5.91 Å². The van der Waals surface area contributed by atoms with E-state index in [9.17, 15) is 14.4 Å². The molecule has 1 aromatic carbocycles. The Labute approximate surface area is 133 Å². The molecule has 3 N–H and O–H groups in total. The van der Waals surface area contributed by atoms with Gasteiger partial charge in [0, 0.05) is 7.05 Å². The number of nitrogens with one attached hydrogen (secondary N) is 2. The van der Waals surface area contributed by atoms with Crippen molar-refractivity contribution >= 4 is 18.0 Å². The lowest BCUT2D eigenvalue weighted by Crippen LogP contribution is -2.52. The van der Waals surface area contributed by atoms with Gasteiger partial charge in [-0.25, -0.2) is 9.59 Å². The molecule has 0 aromatic heterocycles. The van der Waals surface area contributed by atoms with Crippen molar-refractivity contribution in [2.45, 2.75) is 25.7 Å². The van der Waals surface area contributed by atoms with Crippen molar-refractivity contribution in [3.05, 3.63) is 35.9 Å². The van der Waals surface area contributed by atoms with Gasteiger partial charge in [0.05, 0.1) is 6.10 Å². The molecular weight excluding hydrogens is 304 g/mol. The largest absolute Gasteiger partial charge is 0.480 e. The molecule has 1 rings (SSSR count). The van der Waals surface area contributed by atoms with Crippen LogP contribution >= 0.6 is 0 Å². The monoisotopic (exact) mass is 324 g/mol. The molecule has 0 aliphatic heterocycles. The zero-order valence-corrected chi connectivity index (χ0v) is 12.9. The van der Waals surface area contributed by atoms with Crippen LogP contribution in [0.15, 0.2) is 30.3 Å². The predicted octanol–water partition coefficient (Wildman–Crippen LogP) is 0.517. The molecule has 126 valence electrons. The van der Waals surface area contributed by atoms with Gasteiger partial charge in [0.25, 0.3) is 0 Å². The Morgan fingerprint density at radius 3 is 2.43 bits per heavy atom. The first kappa shape index (κ1) is 18.4. The first-order valence-electron chi connectivity index (χ1n) is 6.96. The SMILES string of the molecule is CNC(=O)[C@@H](NC(=O)OCc1ccccc1)[C@@H](C)OCC(=O)O. The Morgan fingerprint density at radius 2 is 1.87 bits per heavy atom. The summed E-state index contributed by atoms with van der Waals surface area (Å²) in [5.41, 5.74) is 0.800. The molecule has 0 unspecified atom stereocenters. The van der Waals surface area contributed by atoms with Crippen LogP contribution in [0.3, 0.4) is 0 Å². The van der Waals surface area contributed by atoms with Crippen LogP contribution < -0.4 is 10.6 Å². The molecule has 0 bridgehead atoms. The van der Waals surface area contributed by atoms with Gasteiger partial charge in [0.1, 0.15) is 19.3 Å². The normalized spacial score (nSPS) is 12.8. The average molecular weight is 324 g/mol. The lowest BCUT2D eigenvalue weighted by Gasteiger charge is -2.23. The third kappa shape index (κ3) is 6.79. The van der Waals surface area contributed by atoms with E-state index in [1.165, 1.54) is 14.0 Å². The van der Waals surface area contributed by atoms with Gasteiger partial charge >= 0.3 is 12.1 Å². The standard InChI is InChI=1S/C15H20N2O6/c1-10(22-9-12(18)19)13(14(20)16-2)17-15(21)23-8-11-6-4-3-5-7-11/h3-7,10,13H,8-9H2,1-2H3,(H,16,20)(H,17,21)(H,18,19)/t10-,13+/m1/s1. The Morgan fingerprint density at radius 1 is 1.22 bits per heavy atom. The highest BCUT2D eigenvalue weighted by atomic mass is 16.6. The van der Waals surface area contributed by atoms with Crippen molar-refractivity contribution in [1.29, 1.82) is 0 Å². The van der Waals surface area contributed by atoms with Gasteiger partial charge in [-0.3, -0.25) is 4.79 Å². The highest BCUT2D eigenvalue weighted by Gasteiger charge is 2.28. The van der Waals surface area contributed by atoms with Crippen molar-refractivity contribution in [3.63, 3.8) is 0 Å². The van der Waals surface area contributed by atoms with Gasteiger partial charge in [0.15, 0.2) is 0 Å². The van der Waals surface area contributed by atoms with Crippen molar-refractivity contribution in [3.8, 4) is 0 Å². The third-order valence-electron chi connectivity index (χ3n) is 2.95. The van der Waals surface area contributed by atoms with Gasteiger partial charge < -0.3 is 25.2 Å². The molecule has 2 amide bonds. The van der Waals surface area contributed by atoms with Gasteiger partial charge in [-0.1, -0.05) is 30.3 Å². The van der Waals surface area contributed by atoms with Crippen LogP contribution in [-0.2, 0) is 25.7 Å². The quantitative estimate of drug-likeness (QED) is 0.642. The van der Waals surface area contributed by atoms with Crippen LogP contribution in [0.1, 0.15) is 12.5 Å². The van der Waals surface area contributed by atoms with E-state index in [1.54, 1.807) is 12.1 Å². The molecule has 2 atom stereocenters. The number of carboxylic acid groups (broad SMARTS) is 1. The molecule has 8 heteroatoms. The van der Waals surface area contributed by atoms with Crippen LogP contribution in [0.4, 0.5) is 4.79 Å². The predicted molar refractivity (Wildman–Crippen MR) is 80.7 cm³/mol. The first-order chi connectivity index (χ1) is 10.9. The summed E-state index contributed by atoms with van der Waals surface area (Å²) in [5.74, 6) is -1.68. The van der Waals surface area contributed by atoms with Gasteiger partial charge in [-0.15, -0.1) is 0 Å². The molecule has 8 nitrogen and oxygen atoms in total. The molecule has 0 aliphatic rings. The Bertz CT molecular complexity index is 534. The summed E-state index contributed by atoms with van der Waals surface area (Å²) in [6.45, 7) is 0.966. The summed E-state index contributed by atoms with van der Waals surface area (Å²) in [6.07, 6.45) is -1.64. The first-order valence-corrected chi connectivity index (χ1v) is 6.96. The number of hydrogen-bond acceptors (Lipinski definition) is 5. The fourth-order valence-corrected chi connectivity index (χ4v) is 1.74. The van der Waals surface area contributed by atoms with E-state index in [1.807, 2.05) is 18.2 Å². The maximum absolute atomic E-state index is 11.8. The molecule has 0 aliphatic carbocycles. The molecule has 0 heterocycles. The number of likely N-dealkylation sites (N-methyl/N-ethyl adjacent to an activating group) is 1. The van der Waals surface area contributed by atoms with E-state index in [2.05, 4.69) is 10.6 Å². The van der Waals surface area contributed by atoms with Crippen molar-refractivity contribution in [2.75, 3.05) is 13.7 Å². The van der Waals surface area contributed by atoms with E-state index >= 15 is 0 Å². The molecule has 0 fully saturated rings. The second-order valence-electron chi connectivity index (χ2n) is 4.71. The summed E-state index contributed by atoms with van der Waals surface area (Å²) in [7, 11) is 1.40. The number of carbonyl (C=O) groups excluding carboxylic acids is 2. The highest BCUT2D eigenvalue weighted by molar-refractivity contribution is 5.86. The molecule has 0 saturated carbocycles. The maximum Gasteiger partial charge on any atom is 0.408 e. The maximum atomic E-state index is 11.8. The van der Waals surface area contributed by atoms with Gasteiger partial charge in [-0.2, -0.15) is 0 Å². The number of amides is 2. The zero-order valence-electron chi connectivity index (χ0n) is 12.9. The molecule has 0 saturated heterocycles. The fourth-order valence-electron chi connectivity index (χ4n) is 1.74. The number of rotatable bonds is 8. The number of carbonyl (C=O) groups is 3. The molecule has 1 aromatic rings. The Kier molecular flexibility index (Phi) is 7.55. The van der Waals surface area contributed by atoms with Crippen LogP contribution in [-0.4, -0.2) is 48.9 Å². The second kappa shape index (κ2) is 9.42. The number of hydrogen-bond donors (Lipinski definition) is 3. The topological polar surface area (TPSA) is 114 Å². The number of alkyl carbamates (subject to hydrolysis) is 1. The average Bonchev–Trinajstić information content (AvgIpc) is 2.55. The minimum atomic E-state index is -1.17. The van der Waals surface area contributed by atoms with Crippen LogP contribution in [0, 0.1) is 0 Å². The molecular formula is C15H20N2O6. The zero-order chi connectivity index (χ0) is 17.2. The van der Waals surface area contributed by atoms with E-state index in [0.29, 0.717) is 0 Å².